The zero-order chi connectivity index (χ0) is 9.14. The summed E-state index contributed by atoms with van der Waals surface area (Å²) in [5, 5.41) is 0. The molecule has 70 valence electrons. The predicted octanol–water partition coefficient (Wildman–Crippen LogP) is 3.01. The van der Waals surface area contributed by atoms with Crippen molar-refractivity contribution in [3.63, 3.8) is 0 Å². The van der Waals surface area contributed by atoms with Crippen molar-refractivity contribution in [3.05, 3.63) is 12.2 Å². The molecule has 0 aromatic heterocycles. The predicted molar refractivity (Wildman–Crippen MR) is 52.1 cm³/mol. The van der Waals surface area contributed by atoms with Crippen molar-refractivity contribution in [1.82, 2.24) is 0 Å². The average molecular weight is 168 g/mol. The van der Waals surface area contributed by atoms with Gasteiger partial charge in [-0.15, -0.1) is 0 Å². The van der Waals surface area contributed by atoms with Crippen LogP contribution in [-0.4, -0.2) is 13.2 Å². The quantitative estimate of drug-likeness (QED) is 0.576. The Balaban J connectivity index is 2.46. The van der Waals surface area contributed by atoms with Crippen LogP contribution in [0.25, 0.3) is 0 Å². The Morgan fingerprint density at radius 3 is 2.50 bits per heavy atom. The number of rotatable bonds is 2. The Morgan fingerprint density at radius 1 is 1.42 bits per heavy atom. The van der Waals surface area contributed by atoms with Crippen molar-refractivity contribution in [2.45, 2.75) is 39.2 Å². The summed E-state index contributed by atoms with van der Waals surface area (Å²) >= 11 is 0. The van der Waals surface area contributed by atoms with Gasteiger partial charge in [0.05, 0.1) is 6.10 Å². The highest BCUT2D eigenvalue weighted by Gasteiger charge is 2.25. The Kier molecular flexibility index (Phi) is 3.33. The van der Waals surface area contributed by atoms with Crippen LogP contribution >= 0.6 is 0 Å². The summed E-state index contributed by atoms with van der Waals surface area (Å²) in [4.78, 5) is 0. The molecular formula is C11H20O. The molecule has 1 saturated carbocycles. The second kappa shape index (κ2) is 4.08. The van der Waals surface area contributed by atoms with Crippen LogP contribution in [0.2, 0.25) is 0 Å². The summed E-state index contributed by atoms with van der Waals surface area (Å²) in [6, 6.07) is 0. The van der Waals surface area contributed by atoms with Crippen molar-refractivity contribution in [3.8, 4) is 0 Å². The zero-order valence-electron chi connectivity index (χ0n) is 8.47. The molecule has 12 heavy (non-hydrogen) atoms. The Hall–Kier alpha value is -0.300. The largest absolute Gasteiger partial charge is 0.377 e. The minimum atomic E-state index is 0.333. The molecule has 0 N–H and O–H groups in total. The van der Waals surface area contributed by atoms with Crippen LogP contribution in [0.5, 0.6) is 0 Å². The third-order valence-electron chi connectivity index (χ3n) is 3.01. The maximum atomic E-state index is 5.33. The van der Waals surface area contributed by atoms with Crippen molar-refractivity contribution >= 4 is 0 Å². The fourth-order valence-electron chi connectivity index (χ4n) is 1.99. The van der Waals surface area contributed by atoms with Crippen LogP contribution in [-0.2, 0) is 4.74 Å². The second-order valence-electron chi connectivity index (χ2n) is 4.17. The molecule has 1 rings (SSSR count). The summed E-state index contributed by atoms with van der Waals surface area (Å²) in [6.45, 7) is 8.67. The van der Waals surface area contributed by atoms with E-state index in [2.05, 4.69) is 20.4 Å². The lowest BCUT2D eigenvalue weighted by atomic mass is 9.78. The average Bonchev–Trinajstić information content (AvgIpc) is 2.04. The molecule has 1 nitrogen and oxygen atoms in total. The summed E-state index contributed by atoms with van der Waals surface area (Å²) < 4.78 is 5.33. The van der Waals surface area contributed by atoms with Crippen molar-refractivity contribution < 1.29 is 4.74 Å². The van der Waals surface area contributed by atoms with E-state index in [9.17, 15) is 0 Å². The van der Waals surface area contributed by atoms with E-state index in [0.29, 0.717) is 6.10 Å². The molecule has 0 saturated heterocycles. The van der Waals surface area contributed by atoms with Gasteiger partial charge in [0, 0.05) is 7.11 Å². The Bertz CT molecular complexity index is 160. The Labute approximate surface area is 75.8 Å². The maximum Gasteiger partial charge on any atom is 0.0778 e. The summed E-state index contributed by atoms with van der Waals surface area (Å²) in [7, 11) is 1.78. The second-order valence-corrected chi connectivity index (χ2v) is 4.17. The fourth-order valence-corrected chi connectivity index (χ4v) is 1.99. The lowest BCUT2D eigenvalue weighted by Gasteiger charge is -2.31. The summed E-state index contributed by atoms with van der Waals surface area (Å²) in [5.41, 5.74) is 1.29. The smallest absolute Gasteiger partial charge is 0.0778 e. The van der Waals surface area contributed by atoms with Gasteiger partial charge in [-0.25, -0.2) is 0 Å². The summed E-state index contributed by atoms with van der Waals surface area (Å²) in [6.07, 6.45) is 3.96. The van der Waals surface area contributed by atoms with Gasteiger partial charge in [-0.1, -0.05) is 20.4 Å². The normalized spacial score (nSPS) is 31.2. The van der Waals surface area contributed by atoms with Crippen LogP contribution in [0, 0.1) is 11.8 Å². The van der Waals surface area contributed by atoms with E-state index >= 15 is 0 Å². The standard InChI is InChI=1S/C11H20O/c1-8(2)10-5-6-11(12-4)9(3)7-10/h8,10-11H,3,5-7H2,1-2,4H3. The molecule has 1 aliphatic rings. The van der Waals surface area contributed by atoms with E-state index in [1.165, 1.54) is 12.0 Å². The lowest BCUT2D eigenvalue weighted by Crippen LogP contribution is -2.25. The molecule has 1 fully saturated rings. The number of hydrogen-bond donors (Lipinski definition) is 0. The van der Waals surface area contributed by atoms with Gasteiger partial charge in [-0.05, 0) is 36.7 Å². The molecule has 0 bridgehead atoms. The first kappa shape index (κ1) is 9.79. The van der Waals surface area contributed by atoms with Gasteiger partial charge >= 0.3 is 0 Å². The molecule has 0 amide bonds. The van der Waals surface area contributed by atoms with E-state index in [-0.39, 0.29) is 0 Å². The maximum absolute atomic E-state index is 5.33. The zero-order valence-corrected chi connectivity index (χ0v) is 8.47. The summed E-state index contributed by atoms with van der Waals surface area (Å²) in [5.74, 6) is 1.63. The van der Waals surface area contributed by atoms with E-state index in [1.807, 2.05) is 0 Å². The molecule has 0 aliphatic heterocycles. The number of ether oxygens (including phenoxy) is 1. The van der Waals surface area contributed by atoms with Gasteiger partial charge in [0.15, 0.2) is 0 Å². The molecule has 0 aromatic rings. The first-order chi connectivity index (χ1) is 5.65. The van der Waals surface area contributed by atoms with E-state index in [4.69, 9.17) is 4.74 Å². The minimum absolute atomic E-state index is 0.333. The molecule has 0 aromatic carbocycles. The van der Waals surface area contributed by atoms with Crippen LogP contribution in [0.15, 0.2) is 12.2 Å². The first-order valence-electron chi connectivity index (χ1n) is 4.85. The molecule has 0 heterocycles. The van der Waals surface area contributed by atoms with Gasteiger partial charge in [-0.3, -0.25) is 0 Å². The van der Waals surface area contributed by atoms with E-state index < -0.39 is 0 Å². The van der Waals surface area contributed by atoms with Crippen molar-refractivity contribution in [1.29, 1.82) is 0 Å². The van der Waals surface area contributed by atoms with Gasteiger partial charge in [0.2, 0.25) is 0 Å². The van der Waals surface area contributed by atoms with Gasteiger partial charge in [0.25, 0.3) is 0 Å². The Morgan fingerprint density at radius 2 is 2.08 bits per heavy atom. The van der Waals surface area contributed by atoms with Crippen LogP contribution in [0.1, 0.15) is 33.1 Å². The third-order valence-corrected chi connectivity index (χ3v) is 3.01. The molecule has 0 spiro atoms. The highest BCUT2D eigenvalue weighted by molar-refractivity contribution is 5.07. The SMILES string of the molecule is C=C1CC(C(C)C)CCC1OC. The number of hydrogen-bond acceptors (Lipinski definition) is 1. The number of methoxy groups -OCH3 is 1. The van der Waals surface area contributed by atoms with E-state index in [0.717, 1.165) is 24.7 Å². The molecule has 1 aliphatic carbocycles. The van der Waals surface area contributed by atoms with Crippen molar-refractivity contribution in [2.24, 2.45) is 11.8 Å². The molecule has 2 atom stereocenters. The first-order valence-corrected chi connectivity index (χ1v) is 4.85. The molecule has 0 radical (unpaired) electrons. The lowest BCUT2D eigenvalue weighted by molar-refractivity contribution is 0.0912. The van der Waals surface area contributed by atoms with Crippen LogP contribution in [0.4, 0.5) is 0 Å². The highest BCUT2D eigenvalue weighted by Crippen LogP contribution is 2.33. The minimum Gasteiger partial charge on any atom is -0.377 e. The fraction of sp³-hybridized carbons (Fsp3) is 0.818. The van der Waals surface area contributed by atoms with Crippen molar-refractivity contribution in [2.75, 3.05) is 7.11 Å². The molecule has 2 unspecified atom stereocenters. The van der Waals surface area contributed by atoms with Gasteiger partial charge < -0.3 is 4.74 Å². The van der Waals surface area contributed by atoms with Gasteiger partial charge in [0.1, 0.15) is 0 Å². The van der Waals surface area contributed by atoms with Crippen LogP contribution < -0.4 is 0 Å². The van der Waals surface area contributed by atoms with Gasteiger partial charge in [-0.2, -0.15) is 0 Å². The third kappa shape index (κ3) is 2.10. The highest BCUT2D eigenvalue weighted by atomic mass is 16.5. The topological polar surface area (TPSA) is 9.23 Å². The van der Waals surface area contributed by atoms with Crippen LogP contribution in [0.3, 0.4) is 0 Å². The molecule has 1 heteroatoms. The molecular weight excluding hydrogens is 148 g/mol. The monoisotopic (exact) mass is 168 g/mol. The van der Waals surface area contributed by atoms with E-state index in [1.54, 1.807) is 7.11 Å².